The largest absolute Gasteiger partial charge is 0.457 e. The zero-order chi connectivity index (χ0) is 19.3. The van der Waals surface area contributed by atoms with Crippen molar-refractivity contribution >= 4 is 11.6 Å². The molecule has 3 aromatic carbocycles. The Morgan fingerprint density at radius 2 is 1.36 bits per heavy atom. The molecule has 4 heteroatoms. The van der Waals surface area contributed by atoms with Crippen molar-refractivity contribution in [2.75, 3.05) is 31.1 Å². The van der Waals surface area contributed by atoms with Gasteiger partial charge >= 0.3 is 0 Å². The molecule has 4 rings (SSSR count). The Kier molecular flexibility index (Phi) is 5.29. The van der Waals surface area contributed by atoms with Crippen LogP contribution in [0.5, 0.6) is 11.5 Å². The lowest BCUT2D eigenvalue weighted by Gasteiger charge is -2.36. The van der Waals surface area contributed by atoms with Gasteiger partial charge in [0.15, 0.2) is 0 Å². The fourth-order valence-corrected chi connectivity index (χ4v) is 3.40. The monoisotopic (exact) mass is 372 g/mol. The first-order valence-electron chi connectivity index (χ1n) is 9.63. The third kappa shape index (κ3) is 4.17. The highest BCUT2D eigenvalue weighted by Crippen LogP contribution is 2.25. The first-order chi connectivity index (χ1) is 13.7. The van der Waals surface area contributed by atoms with Crippen molar-refractivity contribution in [3.63, 3.8) is 0 Å². The van der Waals surface area contributed by atoms with Gasteiger partial charge in [-0.1, -0.05) is 35.9 Å². The Hall–Kier alpha value is -3.27. The summed E-state index contributed by atoms with van der Waals surface area (Å²) in [6.45, 7) is 5.15. The standard InChI is InChI=1S/C24H24N2O2/c1-19-7-9-20(10-8-19)24(27)26-17-15-25(16-18-26)21-11-13-23(14-12-21)28-22-5-3-2-4-6-22/h2-14H,15-18H2,1H3. The highest BCUT2D eigenvalue weighted by Gasteiger charge is 2.22. The van der Waals surface area contributed by atoms with Crippen molar-refractivity contribution in [1.82, 2.24) is 4.90 Å². The van der Waals surface area contributed by atoms with Gasteiger partial charge in [-0.3, -0.25) is 4.79 Å². The molecule has 0 atom stereocenters. The fourth-order valence-electron chi connectivity index (χ4n) is 3.40. The first kappa shape index (κ1) is 18.1. The van der Waals surface area contributed by atoms with Gasteiger partial charge in [-0.05, 0) is 55.5 Å². The molecule has 4 nitrogen and oxygen atoms in total. The van der Waals surface area contributed by atoms with Crippen molar-refractivity contribution in [1.29, 1.82) is 0 Å². The van der Waals surface area contributed by atoms with Crippen LogP contribution < -0.4 is 9.64 Å². The number of ether oxygens (including phenoxy) is 1. The first-order valence-corrected chi connectivity index (χ1v) is 9.63. The Bertz CT molecular complexity index is 913. The molecule has 0 spiro atoms. The molecule has 0 bridgehead atoms. The summed E-state index contributed by atoms with van der Waals surface area (Å²) >= 11 is 0. The van der Waals surface area contributed by atoms with Crippen LogP contribution in [0.15, 0.2) is 78.9 Å². The predicted octanol–water partition coefficient (Wildman–Crippen LogP) is 4.75. The second-order valence-electron chi connectivity index (χ2n) is 7.05. The molecule has 0 saturated carbocycles. The number of para-hydroxylation sites is 1. The third-order valence-electron chi connectivity index (χ3n) is 5.05. The van der Waals surface area contributed by atoms with E-state index in [4.69, 9.17) is 4.74 Å². The SMILES string of the molecule is Cc1ccc(C(=O)N2CCN(c3ccc(Oc4ccccc4)cc3)CC2)cc1. The molecule has 0 aromatic heterocycles. The van der Waals surface area contributed by atoms with Crippen LogP contribution in [0.1, 0.15) is 15.9 Å². The van der Waals surface area contributed by atoms with Crippen molar-refractivity contribution in [2.45, 2.75) is 6.92 Å². The van der Waals surface area contributed by atoms with Crippen LogP contribution in [0.4, 0.5) is 5.69 Å². The molecule has 0 aliphatic carbocycles. The van der Waals surface area contributed by atoms with Crippen LogP contribution in [0.25, 0.3) is 0 Å². The maximum Gasteiger partial charge on any atom is 0.253 e. The van der Waals surface area contributed by atoms with Gasteiger partial charge in [-0.15, -0.1) is 0 Å². The molecule has 0 N–H and O–H groups in total. The van der Waals surface area contributed by atoms with Gasteiger partial charge in [0.05, 0.1) is 0 Å². The van der Waals surface area contributed by atoms with E-state index in [0.29, 0.717) is 0 Å². The van der Waals surface area contributed by atoms with E-state index in [9.17, 15) is 4.79 Å². The van der Waals surface area contributed by atoms with Crippen LogP contribution in [-0.4, -0.2) is 37.0 Å². The third-order valence-corrected chi connectivity index (χ3v) is 5.05. The van der Waals surface area contributed by atoms with Gasteiger partial charge in [0.25, 0.3) is 5.91 Å². The number of benzene rings is 3. The van der Waals surface area contributed by atoms with E-state index in [0.717, 1.165) is 48.9 Å². The summed E-state index contributed by atoms with van der Waals surface area (Å²) in [5, 5.41) is 0. The van der Waals surface area contributed by atoms with E-state index in [1.54, 1.807) is 0 Å². The number of hydrogen-bond donors (Lipinski definition) is 0. The number of piperazine rings is 1. The van der Waals surface area contributed by atoms with Gasteiger partial charge in [-0.2, -0.15) is 0 Å². The number of amides is 1. The highest BCUT2D eigenvalue weighted by atomic mass is 16.5. The second-order valence-corrected chi connectivity index (χ2v) is 7.05. The summed E-state index contributed by atoms with van der Waals surface area (Å²) in [5.74, 6) is 1.77. The topological polar surface area (TPSA) is 32.8 Å². The fraction of sp³-hybridized carbons (Fsp3) is 0.208. The van der Waals surface area contributed by atoms with E-state index in [1.807, 2.05) is 78.6 Å². The van der Waals surface area contributed by atoms with Crippen LogP contribution in [0.3, 0.4) is 0 Å². The summed E-state index contributed by atoms with van der Waals surface area (Å²) in [6, 6.07) is 25.7. The predicted molar refractivity (Wildman–Crippen MR) is 112 cm³/mol. The molecule has 1 saturated heterocycles. The lowest BCUT2D eigenvalue weighted by Crippen LogP contribution is -2.48. The second kappa shape index (κ2) is 8.17. The molecule has 1 aliphatic heterocycles. The lowest BCUT2D eigenvalue weighted by molar-refractivity contribution is 0.0747. The number of rotatable bonds is 4. The highest BCUT2D eigenvalue weighted by molar-refractivity contribution is 5.94. The Balaban J connectivity index is 1.34. The zero-order valence-corrected chi connectivity index (χ0v) is 16.0. The Morgan fingerprint density at radius 3 is 2.00 bits per heavy atom. The van der Waals surface area contributed by atoms with Crippen LogP contribution in [0.2, 0.25) is 0 Å². The molecule has 142 valence electrons. The minimum absolute atomic E-state index is 0.117. The van der Waals surface area contributed by atoms with E-state index < -0.39 is 0 Å². The van der Waals surface area contributed by atoms with Crippen LogP contribution >= 0.6 is 0 Å². The zero-order valence-electron chi connectivity index (χ0n) is 16.0. The molecule has 0 radical (unpaired) electrons. The average Bonchev–Trinajstić information content (AvgIpc) is 2.75. The smallest absolute Gasteiger partial charge is 0.253 e. The van der Waals surface area contributed by atoms with Gasteiger partial charge in [0, 0.05) is 37.4 Å². The molecule has 1 aliphatic rings. The number of anilines is 1. The van der Waals surface area contributed by atoms with E-state index in [1.165, 1.54) is 5.56 Å². The number of hydrogen-bond acceptors (Lipinski definition) is 3. The van der Waals surface area contributed by atoms with E-state index in [2.05, 4.69) is 17.0 Å². The van der Waals surface area contributed by atoms with Gasteiger partial charge in [-0.25, -0.2) is 0 Å². The maximum absolute atomic E-state index is 12.7. The van der Waals surface area contributed by atoms with Gasteiger partial charge in [0.2, 0.25) is 0 Å². The summed E-state index contributed by atoms with van der Waals surface area (Å²) in [5.41, 5.74) is 3.09. The van der Waals surface area contributed by atoms with Crippen molar-refractivity contribution in [3.8, 4) is 11.5 Å². The molecule has 1 fully saturated rings. The molecule has 3 aromatic rings. The Labute approximate surface area is 166 Å². The molecular formula is C24H24N2O2. The van der Waals surface area contributed by atoms with Crippen LogP contribution in [0, 0.1) is 6.92 Å². The van der Waals surface area contributed by atoms with Gasteiger partial charge < -0.3 is 14.5 Å². The summed E-state index contributed by atoms with van der Waals surface area (Å²) in [7, 11) is 0. The normalized spacial score (nSPS) is 14.0. The molecule has 28 heavy (non-hydrogen) atoms. The average molecular weight is 372 g/mol. The minimum Gasteiger partial charge on any atom is -0.457 e. The summed E-state index contributed by atoms with van der Waals surface area (Å²) in [6.07, 6.45) is 0. The molecule has 1 amide bonds. The van der Waals surface area contributed by atoms with E-state index in [-0.39, 0.29) is 5.91 Å². The number of carbonyl (C=O) groups is 1. The van der Waals surface area contributed by atoms with Crippen molar-refractivity contribution in [3.05, 3.63) is 90.0 Å². The van der Waals surface area contributed by atoms with E-state index >= 15 is 0 Å². The molecule has 0 unspecified atom stereocenters. The molecule has 1 heterocycles. The number of nitrogens with zero attached hydrogens (tertiary/aromatic N) is 2. The lowest BCUT2D eigenvalue weighted by atomic mass is 10.1. The van der Waals surface area contributed by atoms with Crippen LogP contribution in [-0.2, 0) is 0 Å². The number of carbonyl (C=O) groups excluding carboxylic acids is 1. The minimum atomic E-state index is 0.117. The van der Waals surface area contributed by atoms with Crippen molar-refractivity contribution < 1.29 is 9.53 Å². The quantitative estimate of drug-likeness (QED) is 0.663. The van der Waals surface area contributed by atoms with Gasteiger partial charge in [0.1, 0.15) is 11.5 Å². The van der Waals surface area contributed by atoms with Crippen molar-refractivity contribution in [2.24, 2.45) is 0 Å². The summed E-state index contributed by atoms with van der Waals surface area (Å²) in [4.78, 5) is 16.9. The molecular weight excluding hydrogens is 348 g/mol. The summed E-state index contributed by atoms with van der Waals surface area (Å²) < 4.78 is 5.86. The number of aryl methyl sites for hydroxylation is 1. The Morgan fingerprint density at radius 1 is 0.750 bits per heavy atom. The maximum atomic E-state index is 12.7.